The van der Waals surface area contributed by atoms with Gasteiger partial charge in [0.1, 0.15) is 0 Å². The highest BCUT2D eigenvalue weighted by Gasteiger charge is 2.55. The quantitative estimate of drug-likeness (QED) is 0.0487. The lowest BCUT2D eigenvalue weighted by Gasteiger charge is -2.55. The zero-order valence-corrected chi connectivity index (χ0v) is 42.2. The molecule has 52 heavy (non-hydrogen) atoms. The third-order valence-corrected chi connectivity index (χ3v) is 27.6. The molecule has 1 rings (SSSR count). The summed E-state index contributed by atoms with van der Waals surface area (Å²) in [7, 11) is -0.547. The van der Waals surface area contributed by atoms with E-state index < -0.39 is 30.7 Å². The number of hydrogen-bond acceptors (Lipinski definition) is 7. The molecular weight excluding hydrogens is 816 g/mol. The van der Waals surface area contributed by atoms with E-state index in [1.807, 2.05) is 14.2 Å². The van der Waals surface area contributed by atoms with E-state index in [9.17, 15) is 0 Å². The molecule has 1 heterocycles. The second-order valence-corrected chi connectivity index (χ2v) is 33.2. The van der Waals surface area contributed by atoms with Crippen molar-refractivity contribution in [3.8, 4) is 0 Å². The summed E-state index contributed by atoms with van der Waals surface area (Å²) < 4.78 is 49.5. The van der Waals surface area contributed by atoms with Gasteiger partial charge in [0.2, 0.25) is 0 Å². The topological polar surface area (TPSA) is 64.6 Å². The van der Waals surface area contributed by atoms with Gasteiger partial charge in [-0.1, -0.05) is 82.2 Å². The fourth-order valence-electron chi connectivity index (χ4n) is 8.00. The second kappa shape index (κ2) is 23.3. The minimum atomic E-state index is -2.08. The maximum absolute atomic E-state index is 7.52. The first-order valence-corrected chi connectivity index (χ1v) is 29.9. The standard InChI is InChI=1S/C41H85IO7Si3/c1-18-51(19-2,20-3)48-36(28-35(44-14)27-25-24-26-32(7)42)30-41(45-15)34(9)39(49-52(21-4,22-5)23-6)33(8)38(46-41)29-37(31-43-13)47-50(16,17)40(10,11)12/h26,33-39H,18-25,27-31H2,1-17H3/b32-26+/t33-,34+,35+,36-,37+,38+,39-,41-/m0/s1. The third-order valence-electron chi connectivity index (χ3n) is 13.3. The van der Waals surface area contributed by atoms with Crippen molar-refractivity contribution in [2.75, 3.05) is 27.9 Å². The summed E-state index contributed by atoms with van der Waals surface area (Å²) in [6.07, 6.45) is 7.50. The molecule has 0 spiro atoms. The maximum atomic E-state index is 7.52. The summed E-state index contributed by atoms with van der Waals surface area (Å²) in [5.74, 6) is -0.717. The van der Waals surface area contributed by atoms with Crippen LogP contribution in [-0.2, 0) is 32.2 Å². The lowest BCUT2D eigenvalue weighted by atomic mass is 9.77. The lowest BCUT2D eigenvalue weighted by molar-refractivity contribution is -0.336. The first-order valence-electron chi connectivity index (χ1n) is 20.9. The van der Waals surface area contributed by atoms with Crippen LogP contribution in [0.25, 0.3) is 0 Å². The molecular formula is C41H85IO7Si3. The minimum absolute atomic E-state index is 0.00557. The first kappa shape index (κ1) is 50.9. The highest BCUT2D eigenvalue weighted by atomic mass is 127. The molecule has 310 valence electrons. The van der Waals surface area contributed by atoms with Gasteiger partial charge in [-0.25, -0.2) is 0 Å². The molecule has 0 N–H and O–H groups in total. The van der Waals surface area contributed by atoms with Gasteiger partial charge in [0.25, 0.3) is 0 Å². The number of allylic oxidation sites excluding steroid dienone is 2. The van der Waals surface area contributed by atoms with Crippen LogP contribution in [0.5, 0.6) is 0 Å². The molecule has 0 aromatic carbocycles. The lowest BCUT2D eigenvalue weighted by Crippen LogP contribution is -2.63. The van der Waals surface area contributed by atoms with Crippen LogP contribution in [0.1, 0.15) is 122 Å². The van der Waals surface area contributed by atoms with Gasteiger partial charge in [-0.15, -0.1) is 0 Å². The fourth-order valence-corrected chi connectivity index (χ4v) is 15.5. The van der Waals surface area contributed by atoms with Gasteiger partial charge in [0.15, 0.2) is 30.7 Å². The Morgan fingerprint density at radius 1 is 0.846 bits per heavy atom. The monoisotopic (exact) mass is 900 g/mol. The normalized spacial score (nSPS) is 25.7. The summed E-state index contributed by atoms with van der Waals surface area (Å²) in [6.45, 7) is 32.8. The van der Waals surface area contributed by atoms with E-state index in [0.717, 1.165) is 68.4 Å². The third kappa shape index (κ3) is 14.3. The zero-order valence-electron chi connectivity index (χ0n) is 37.0. The number of hydrogen-bond donors (Lipinski definition) is 0. The number of halogens is 1. The van der Waals surface area contributed by atoms with E-state index in [4.69, 9.17) is 32.2 Å². The van der Waals surface area contributed by atoms with Crippen LogP contribution in [0.2, 0.25) is 54.4 Å². The average Bonchev–Trinajstić information content (AvgIpc) is 3.10. The molecule has 1 saturated heterocycles. The number of ether oxygens (including phenoxy) is 4. The van der Waals surface area contributed by atoms with E-state index in [2.05, 4.69) is 125 Å². The Hall–Kier alpha value is 0.841. The van der Waals surface area contributed by atoms with Crippen LogP contribution in [0.4, 0.5) is 0 Å². The molecule has 0 bridgehead atoms. The van der Waals surface area contributed by atoms with Gasteiger partial charge in [0.05, 0.1) is 37.1 Å². The van der Waals surface area contributed by atoms with E-state index in [1.165, 1.54) is 3.58 Å². The van der Waals surface area contributed by atoms with Crippen molar-refractivity contribution in [2.45, 2.75) is 212 Å². The molecule has 8 atom stereocenters. The van der Waals surface area contributed by atoms with Crippen molar-refractivity contribution in [3.63, 3.8) is 0 Å². The van der Waals surface area contributed by atoms with Gasteiger partial charge < -0.3 is 32.2 Å². The molecule has 0 amide bonds. The van der Waals surface area contributed by atoms with Crippen LogP contribution in [0.15, 0.2) is 9.66 Å². The van der Waals surface area contributed by atoms with Crippen LogP contribution in [-0.4, -0.2) is 89.2 Å². The van der Waals surface area contributed by atoms with Gasteiger partial charge >= 0.3 is 0 Å². The molecule has 0 radical (unpaired) electrons. The maximum Gasteiger partial charge on any atom is 0.192 e. The molecule has 1 aliphatic heterocycles. The Bertz CT molecular complexity index is 996. The molecule has 11 heteroatoms. The van der Waals surface area contributed by atoms with Crippen LogP contribution >= 0.6 is 22.6 Å². The summed E-state index contributed by atoms with van der Waals surface area (Å²) in [5, 5.41) is 0.0883. The Balaban J connectivity index is 3.79. The number of unbranched alkanes of at least 4 members (excludes halogenated alkanes) is 1. The SMILES string of the molecule is CC[Si](CC)(CC)O[C@@H](C[C@@H](CCC/C=C(\C)I)OC)C[C@]1(OC)O[C@H](C[C@H](COC)O[Si](C)(C)C(C)(C)C)[C@H](C)[C@H](O[Si](CC)(CC)CC)[C@H]1C. The van der Waals surface area contributed by atoms with Crippen LogP contribution in [0.3, 0.4) is 0 Å². The van der Waals surface area contributed by atoms with Gasteiger partial charge in [-0.2, -0.15) is 0 Å². The highest BCUT2D eigenvalue weighted by molar-refractivity contribution is 14.1. The molecule has 1 aliphatic rings. The van der Waals surface area contributed by atoms with Gasteiger partial charge in [0, 0.05) is 46.0 Å². The predicted octanol–water partition coefficient (Wildman–Crippen LogP) is 12.5. The van der Waals surface area contributed by atoms with E-state index >= 15 is 0 Å². The summed E-state index contributed by atoms with van der Waals surface area (Å²) in [6, 6.07) is 6.60. The van der Waals surface area contributed by atoms with E-state index in [0.29, 0.717) is 13.0 Å². The van der Waals surface area contributed by atoms with E-state index in [-0.39, 0.29) is 47.4 Å². The largest absolute Gasteiger partial charge is 0.414 e. The molecule has 0 unspecified atom stereocenters. The summed E-state index contributed by atoms with van der Waals surface area (Å²) in [4.78, 5) is 0. The summed E-state index contributed by atoms with van der Waals surface area (Å²) in [5.41, 5.74) is 0. The Morgan fingerprint density at radius 2 is 1.40 bits per heavy atom. The minimum Gasteiger partial charge on any atom is -0.414 e. The molecule has 0 saturated carbocycles. The number of rotatable bonds is 26. The van der Waals surface area contributed by atoms with Crippen molar-refractivity contribution >= 4 is 47.5 Å². The van der Waals surface area contributed by atoms with Crippen molar-refractivity contribution in [3.05, 3.63) is 9.66 Å². The van der Waals surface area contributed by atoms with Crippen LogP contribution in [0, 0.1) is 11.8 Å². The second-order valence-electron chi connectivity index (χ2n) is 17.3. The smallest absolute Gasteiger partial charge is 0.192 e. The molecule has 0 aliphatic carbocycles. The predicted molar refractivity (Wildman–Crippen MR) is 237 cm³/mol. The fraction of sp³-hybridized carbons (Fsp3) is 0.951. The van der Waals surface area contributed by atoms with Crippen molar-refractivity contribution in [2.24, 2.45) is 11.8 Å². The highest BCUT2D eigenvalue weighted by Crippen LogP contribution is 2.47. The van der Waals surface area contributed by atoms with E-state index in [1.54, 1.807) is 7.11 Å². The summed E-state index contributed by atoms with van der Waals surface area (Å²) >= 11 is 2.40. The van der Waals surface area contributed by atoms with Crippen molar-refractivity contribution in [1.82, 2.24) is 0 Å². The average molecular weight is 901 g/mol. The van der Waals surface area contributed by atoms with Crippen molar-refractivity contribution < 1.29 is 32.2 Å². The molecule has 1 fully saturated rings. The Labute approximate surface area is 339 Å². The van der Waals surface area contributed by atoms with Crippen molar-refractivity contribution in [1.29, 1.82) is 0 Å². The number of methoxy groups -OCH3 is 3. The van der Waals surface area contributed by atoms with Crippen LogP contribution < -0.4 is 0 Å². The molecule has 0 aromatic heterocycles. The Kier molecular flexibility index (Phi) is 22.8. The molecule has 7 nitrogen and oxygen atoms in total. The molecule has 0 aromatic rings. The van der Waals surface area contributed by atoms with Gasteiger partial charge in [-0.05, 0) is 113 Å². The zero-order chi connectivity index (χ0) is 40.0. The Morgan fingerprint density at radius 3 is 1.85 bits per heavy atom. The first-order chi connectivity index (χ1) is 24.3. The van der Waals surface area contributed by atoms with Gasteiger partial charge in [-0.3, -0.25) is 0 Å².